The summed E-state index contributed by atoms with van der Waals surface area (Å²) in [6.07, 6.45) is 2.13. The zero-order valence-corrected chi connectivity index (χ0v) is 17.5. The van der Waals surface area contributed by atoms with Gasteiger partial charge in [0.15, 0.2) is 12.0 Å². The van der Waals surface area contributed by atoms with Crippen LogP contribution in [0.1, 0.15) is 65.7 Å². The molecule has 1 aliphatic heterocycles. The average Bonchev–Trinajstić information content (AvgIpc) is 2.70. The fourth-order valence-electron chi connectivity index (χ4n) is 3.28. The van der Waals surface area contributed by atoms with Gasteiger partial charge in [-0.1, -0.05) is 46.0 Å². The predicted octanol–water partition coefficient (Wildman–Crippen LogP) is 2.11. The third-order valence-corrected chi connectivity index (χ3v) is 5.44. The van der Waals surface area contributed by atoms with Gasteiger partial charge in [0.2, 0.25) is 12.0 Å². The first-order valence-corrected chi connectivity index (χ1v) is 10.3. The van der Waals surface area contributed by atoms with Crippen molar-refractivity contribution < 1.29 is 34.6 Å². The highest BCUT2D eigenvalue weighted by atomic mass is 17.2. The van der Waals surface area contributed by atoms with Crippen LogP contribution in [0.15, 0.2) is 5.76 Å². The molecule has 0 amide bonds. The van der Waals surface area contributed by atoms with E-state index in [1.54, 1.807) is 7.05 Å². The van der Waals surface area contributed by atoms with Gasteiger partial charge in [-0.25, -0.2) is 14.6 Å². The Morgan fingerprint density at radius 3 is 2.39 bits per heavy atom. The minimum absolute atomic E-state index is 0.0758. The molecule has 0 aromatic heterocycles. The van der Waals surface area contributed by atoms with Crippen LogP contribution in [0, 0.1) is 0 Å². The molecule has 8 nitrogen and oxygen atoms in total. The molecule has 0 aromatic carbocycles. The number of rotatable bonds is 13. The van der Waals surface area contributed by atoms with E-state index in [4.69, 9.17) is 14.5 Å². The molecule has 1 aliphatic rings. The number of hydrogen-bond acceptors (Lipinski definition) is 8. The van der Waals surface area contributed by atoms with Crippen LogP contribution < -0.4 is 0 Å². The molecule has 0 spiro atoms. The molecule has 1 rings (SSSR count). The van der Waals surface area contributed by atoms with Gasteiger partial charge in [0, 0.05) is 6.04 Å². The molecule has 28 heavy (non-hydrogen) atoms. The maximum atomic E-state index is 10.8. The molecule has 0 radical (unpaired) electrons. The van der Waals surface area contributed by atoms with E-state index in [-0.39, 0.29) is 6.04 Å². The molecule has 0 saturated carbocycles. The van der Waals surface area contributed by atoms with Crippen LogP contribution in [0.5, 0.6) is 0 Å². The Balaban J connectivity index is 2.70. The topological polar surface area (TPSA) is 109 Å². The van der Waals surface area contributed by atoms with Crippen molar-refractivity contribution >= 4 is 5.94 Å². The number of ether oxygens (including phenoxy) is 1. The first kappa shape index (κ1) is 25.0. The zero-order valence-electron chi connectivity index (χ0n) is 17.5. The molecule has 164 valence electrons. The lowest BCUT2D eigenvalue weighted by molar-refractivity contribution is -0.416. The highest BCUT2D eigenvalue weighted by Crippen LogP contribution is 2.29. The van der Waals surface area contributed by atoms with Gasteiger partial charge in [-0.15, -0.1) is 0 Å². The third kappa shape index (κ3) is 7.12. The molecule has 0 aliphatic carbocycles. The Morgan fingerprint density at radius 2 is 1.79 bits per heavy atom. The summed E-state index contributed by atoms with van der Waals surface area (Å²) in [5.41, 5.74) is 0. The van der Waals surface area contributed by atoms with Crippen molar-refractivity contribution in [2.45, 2.75) is 102 Å². The fourth-order valence-corrected chi connectivity index (χ4v) is 3.28. The molecule has 3 N–H and O–H groups in total. The molecule has 6 atom stereocenters. The minimum atomic E-state index is -1.49. The van der Waals surface area contributed by atoms with E-state index in [0.29, 0.717) is 6.61 Å². The summed E-state index contributed by atoms with van der Waals surface area (Å²) in [6.45, 7) is 6.51. The van der Waals surface area contributed by atoms with Gasteiger partial charge in [0.05, 0.1) is 12.6 Å². The SMILES string of the molecule is CCCCCCCCOOC1O[C@H](C(O)=C=O)[C@@H](O)[C@H](O)[C@H]1N(C)C(C)CC. The Bertz CT molecular complexity index is 483. The van der Waals surface area contributed by atoms with Crippen LogP contribution in [0.2, 0.25) is 0 Å². The highest BCUT2D eigenvalue weighted by molar-refractivity contribution is 5.50. The van der Waals surface area contributed by atoms with Gasteiger partial charge in [0.25, 0.3) is 0 Å². The summed E-state index contributed by atoms with van der Waals surface area (Å²) in [5.74, 6) is 0.482. The van der Waals surface area contributed by atoms with Crippen molar-refractivity contribution in [2.75, 3.05) is 13.7 Å². The molecular weight excluding hydrogens is 366 g/mol. The van der Waals surface area contributed by atoms with Crippen molar-refractivity contribution in [1.29, 1.82) is 0 Å². The quantitative estimate of drug-likeness (QED) is 0.141. The van der Waals surface area contributed by atoms with Gasteiger partial charge >= 0.3 is 0 Å². The Kier molecular flexibility index (Phi) is 11.9. The smallest absolute Gasteiger partial charge is 0.210 e. The second-order valence-corrected chi connectivity index (χ2v) is 7.49. The molecule has 1 saturated heterocycles. The lowest BCUT2D eigenvalue weighted by Gasteiger charge is -2.46. The van der Waals surface area contributed by atoms with Gasteiger partial charge in [-0.3, -0.25) is 4.90 Å². The number of aliphatic hydroxyl groups is 3. The monoisotopic (exact) mass is 403 g/mol. The molecule has 1 heterocycles. The summed E-state index contributed by atoms with van der Waals surface area (Å²) < 4.78 is 5.56. The van der Waals surface area contributed by atoms with Crippen LogP contribution in [-0.2, 0) is 19.3 Å². The summed E-state index contributed by atoms with van der Waals surface area (Å²) >= 11 is 0. The largest absolute Gasteiger partial charge is 0.500 e. The molecular formula is C20H37NO7. The van der Waals surface area contributed by atoms with Crippen LogP contribution in [0.4, 0.5) is 0 Å². The Hall–Kier alpha value is -0.990. The van der Waals surface area contributed by atoms with Gasteiger partial charge < -0.3 is 20.1 Å². The van der Waals surface area contributed by atoms with Gasteiger partial charge in [-0.2, -0.15) is 0 Å². The average molecular weight is 404 g/mol. The number of carbonyl (C=O) groups excluding carboxylic acids is 1. The van der Waals surface area contributed by atoms with Crippen molar-refractivity contribution in [3.63, 3.8) is 0 Å². The summed E-state index contributed by atoms with van der Waals surface area (Å²) in [4.78, 5) is 23.3. The fraction of sp³-hybridized carbons (Fsp3) is 0.900. The Morgan fingerprint density at radius 1 is 1.14 bits per heavy atom. The third-order valence-electron chi connectivity index (χ3n) is 5.44. The maximum Gasteiger partial charge on any atom is 0.210 e. The van der Waals surface area contributed by atoms with Crippen molar-refractivity contribution in [2.24, 2.45) is 0 Å². The van der Waals surface area contributed by atoms with Crippen molar-refractivity contribution in [1.82, 2.24) is 4.90 Å². The normalized spacial score (nSPS) is 28.9. The lowest BCUT2D eigenvalue weighted by atomic mass is 9.94. The first-order chi connectivity index (χ1) is 13.4. The second kappa shape index (κ2) is 13.3. The number of hydrogen-bond donors (Lipinski definition) is 3. The van der Waals surface area contributed by atoms with Crippen LogP contribution in [-0.4, -0.2) is 76.5 Å². The number of nitrogens with zero attached hydrogens (tertiary/aromatic N) is 1. The molecule has 0 bridgehead atoms. The summed E-state index contributed by atoms with van der Waals surface area (Å²) in [6, 6.07) is -0.655. The van der Waals surface area contributed by atoms with Crippen LogP contribution in [0.3, 0.4) is 0 Å². The number of aliphatic hydroxyl groups excluding tert-OH is 3. The van der Waals surface area contributed by atoms with E-state index in [1.165, 1.54) is 25.2 Å². The number of unbranched alkanes of at least 4 members (excludes halogenated alkanes) is 5. The van der Waals surface area contributed by atoms with E-state index < -0.39 is 36.4 Å². The van der Waals surface area contributed by atoms with E-state index in [2.05, 4.69) is 6.92 Å². The summed E-state index contributed by atoms with van der Waals surface area (Å²) in [5, 5.41) is 30.6. The first-order valence-electron chi connectivity index (χ1n) is 10.3. The van der Waals surface area contributed by atoms with E-state index in [0.717, 1.165) is 25.7 Å². The molecule has 0 aromatic rings. The van der Waals surface area contributed by atoms with E-state index >= 15 is 0 Å². The van der Waals surface area contributed by atoms with E-state index in [1.807, 2.05) is 18.7 Å². The second-order valence-electron chi connectivity index (χ2n) is 7.49. The molecule has 1 fully saturated rings. The van der Waals surface area contributed by atoms with Gasteiger partial charge in [-0.05, 0) is 26.8 Å². The molecule has 8 heteroatoms. The summed E-state index contributed by atoms with van der Waals surface area (Å²) in [7, 11) is 1.79. The van der Waals surface area contributed by atoms with Crippen molar-refractivity contribution in [3.05, 3.63) is 5.76 Å². The van der Waals surface area contributed by atoms with Crippen LogP contribution in [0.25, 0.3) is 0 Å². The van der Waals surface area contributed by atoms with Gasteiger partial charge in [0.1, 0.15) is 12.2 Å². The Labute approximate surface area is 168 Å². The predicted molar refractivity (Wildman–Crippen MR) is 104 cm³/mol. The molecule has 2 unspecified atom stereocenters. The maximum absolute atomic E-state index is 10.8. The lowest BCUT2D eigenvalue weighted by Crippen LogP contribution is -2.64. The van der Waals surface area contributed by atoms with E-state index in [9.17, 15) is 20.1 Å². The minimum Gasteiger partial charge on any atom is -0.500 e. The van der Waals surface area contributed by atoms with Crippen LogP contribution >= 0.6 is 0 Å². The zero-order chi connectivity index (χ0) is 21.1. The standard InChI is InChI=1S/C20H37NO7/c1-5-7-8-9-10-11-12-26-28-20-16(21(4)14(3)6-2)17(24)18(25)19(27-20)15(23)13-22/h14,16-20,23-25H,5-12H2,1-4H3/t14?,16-,17-,18+,19-,20?/m1/s1. The van der Waals surface area contributed by atoms with Crippen molar-refractivity contribution in [3.8, 4) is 0 Å². The number of likely N-dealkylation sites (N-methyl/N-ethyl adjacent to an activating group) is 1. The highest BCUT2D eigenvalue weighted by Gasteiger charge is 2.49.